The highest BCUT2D eigenvalue weighted by molar-refractivity contribution is 7.92. The lowest BCUT2D eigenvalue weighted by Gasteiger charge is -2.29. The predicted octanol–water partition coefficient (Wildman–Crippen LogP) is 2.19. The monoisotopic (exact) mass is 311 g/mol. The van der Waals surface area contributed by atoms with Crippen molar-refractivity contribution in [1.29, 1.82) is 0 Å². The second-order valence-corrected chi connectivity index (χ2v) is 8.83. The van der Waals surface area contributed by atoms with Gasteiger partial charge >= 0.3 is 0 Å². The Kier molecular flexibility index (Phi) is 5.56. The van der Waals surface area contributed by atoms with Crippen LogP contribution in [0.2, 0.25) is 0 Å². The standard InChI is InChI=1S/C16H25NO3S/c1-12(16(2,3)4)17-15(18)14(21(5,19)20)11-13-9-7-6-8-10-13/h6-10,12,14H,11H2,1-5H3,(H,17,18)/t12-,14-/m0/s1. The molecule has 0 heterocycles. The molecule has 0 spiro atoms. The third kappa shape index (κ3) is 5.50. The van der Waals surface area contributed by atoms with Crippen molar-refractivity contribution in [3.05, 3.63) is 35.9 Å². The first-order chi connectivity index (χ1) is 9.51. The first kappa shape index (κ1) is 17.7. The Labute approximate surface area is 127 Å². The molecule has 1 amide bonds. The maximum atomic E-state index is 12.4. The fourth-order valence-electron chi connectivity index (χ4n) is 1.79. The van der Waals surface area contributed by atoms with Crippen LogP contribution in [0.3, 0.4) is 0 Å². The number of hydrogen-bond acceptors (Lipinski definition) is 3. The molecule has 1 aromatic rings. The number of carbonyl (C=O) groups excluding carboxylic acids is 1. The molecule has 21 heavy (non-hydrogen) atoms. The molecule has 0 unspecified atom stereocenters. The number of nitrogens with one attached hydrogen (secondary N) is 1. The lowest BCUT2D eigenvalue weighted by atomic mass is 9.88. The number of carbonyl (C=O) groups is 1. The minimum atomic E-state index is -3.47. The first-order valence-corrected chi connectivity index (χ1v) is 9.00. The second-order valence-electron chi connectivity index (χ2n) is 6.60. The molecule has 2 atom stereocenters. The van der Waals surface area contributed by atoms with E-state index in [0.29, 0.717) is 0 Å². The molecular formula is C16H25NO3S. The minimum Gasteiger partial charge on any atom is -0.352 e. The zero-order valence-corrected chi connectivity index (χ0v) is 14.2. The average molecular weight is 311 g/mol. The van der Waals surface area contributed by atoms with Crippen molar-refractivity contribution < 1.29 is 13.2 Å². The van der Waals surface area contributed by atoms with Crippen molar-refractivity contribution in [1.82, 2.24) is 5.32 Å². The van der Waals surface area contributed by atoms with E-state index in [2.05, 4.69) is 5.32 Å². The van der Waals surface area contributed by atoms with Gasteiger partial charge < -0.3 is 5.32 Å². The normalized spacial score (nSPS) is 15.3. The molecule has 0 radical (unpaired) electrons. The van der Waals surface area contributed by atoms with Gasteiger partial charge in [0.15, 0.2) is 9.84 Å². The van der Waals surface area contributed by atoms with E-state index >= 15 is 0 Å². The zero-order valence-electron chi connectivity index (χ0n) is 13.4. The Morgan fingerprint density at radius 2 is 1.71 bits per heavy atom. The molecule has 0 aromatic heterocycles. The van der Waals surface area contributed by atoms with Gasteiger partial charge in [0, 0.05) is 12.3 Å². The number of hydrogen-bond donors (Lipinski definition) is 1. The van der Waals surface area contributed by atoms with Crippen LogP contribution in [-0.4, -0.2) is 31.9 Å². The van der Waals surface area contributed by atoms with E-state index in [-0.39, 0.29) is 17.9 Å². The third-order valence-corrected chi connectivity index (χ3v) is 5.15. The number of benzene rings is 1. The van der Waals surface area contributed by atoms with E-state index < -0.39 is 21.0 Å². The van der Waals surface area contributed by atoms with Crippen LogP contribution >= 0.6 is 0 Å². The van der Waals surface area contributed by atoms with Crippen LogP contribution in [0.25, 0.3) is 0 Å². The quantitative estimate of drug-likeness (QED) is 0.906. The molecule has 5 heteroatoms. The molecule has 0 saturated heterocycles. The van der Waals surface area contributed by atoms with Gasteiger partial charge in [-0.2, -0.15) is 0 Å². The summed E-state index contributed by atoms with van der Waals surface area (Å²) in [5.41, 5.74) is 0.719. The summed E-state index contributed by atoms with van der Waals surface area (Å²) >= 11 is 0. The Morgan fingerprint density at radius 3 is 2.14 bits per heavy atom. The third-order valence-electron chi connectivity index (χ3n) is 3.73. The number of amides is 1. The van der Waals surface area contributed by atoms with Gasteiger partial charge in [-0.3, -0.25) is 4.79 Å². The molecule has 0 saturated carbocycles. The lowest BCUT2D eigenvalue weighted by Crippen LogP contribution is -2.48. The molecule has 1 rings (SSSR count). The van der Waals surface area contributed by atoms with Crippen LogP contribution in [0.5, 0.6) is 0 Å². The molecule has 118 valence electrons. The van der Waals surface area contributed by atoms with Gasteiger partial charge in [0.25, 0.3) is 0 Å². The van der Waals surface area contributed by atoms with Gasteiger partial charge in [0.1, 0.15) is 5.25 Å². The summed E-state index contributed by atoms with van der Waals surface area (Å²) in [5, 5.41) is 1.78. The molecule has 4 nitrogen and oxygen atoms in total. The largest absolute Gasteiger partial charge is 0.352 e. The van der Waals surface area contributed by atoms with Crippen molar-refractivity contribution in [3.8, 4) is 0 Å². The van der Waals surface area contributed by atoms with Gasteiger partial charge in [-0.15, -0.1) is 0 Å². The van der Waals surface area contributed by atoms with Gasteiger partial charge in [-0.05, 0) is 24.3 Å². The van der Waals surface area contributed by atoms with Crippen LogP contribution in [0.1, 0.15) is 33.3 Å². The highest BCUT2D eigenvalue weighted by Gasteiger charge is 2.32. The second kappa shape index (κ2) is 6.60. The molecule has 0 aliphatic heterocycles. The molecule has 0 fully saturated rings. The predicted molar refractivity (Wildman–Crippen MR) is 85.8 cm³/mol. The summed E-state index contributed by atoms with van der Waals surface area (Å²) in [6.07, 6.45) is 1.31. The summed E-state index contributed by atoms with van der Waals surface area (Å²) in [7, 11) is -3.47. The zero-order chi connectivity index (χ0) is 16.3. The summed E-state index contributed by atoms with van der Waals surface area (Å²) in [6.45, 7) is 7.90. The van der Waals surface area contributed by atoms with Gasteiger partial charge in [-0.25, -0.2) is 8.42 Å². The van der Waals surface area contributed by atoms with Gasteiger partial charge in [0.05, 0.1) is 0 Å². The Hall–Kier alpha value is -1.36. The van der Waals surface area contributed by atoms with Crippen molar-refractivity contribution >= 4 is 15.7 Å². The van der Waals surface area contributed by atoms with Crippen LogP contribution in [0, 0.1) is 5.41 Å². The van der Waals surface area contributed by atoms with Gasteiger partial charge in [-0.1, -0.05) is 51.1 Å². The van der Waals surface area contributed by atoms with Gasteiger partial charge in [0.2, 0.25) is 5.91 Å². The highest BCUT2D eigenvalue weighted by Crippen LogP contribution is 2.19. The van der Waals surface area contributed by atoms with Crippen molar-refractivity contribution in [2.24, 2.45) is 5.41 Å². The Balaban J connectivity index is 2.92. The van der Waals surface area contributed by atoms with E-state index in [1.807, 2.05) is 58.0 Å². The van der Waals surface area contributed by atoms with E-state index in [4.69, 9.17) is 0 Å². The Bertz CT molecular complexity index is 573. The molecule has 0 bridgehead atoms. The molecular weight excluding hydrogens is 286 g/mol. The average Bonchev–Trinajstić information content (AvgIpc) is 2.34. The lowest BCUT2D eigenvalue weighted by molar-refractivity contribution is -0.122. The van der Waals surface area contributed by atoms with E-state index in [0.717, 1.165) is 11.8 Å². The van der Waals surface area contributed by atoms with Crippen LogP contribution in [0.4, 0.5) is 0 Å². The fourth-order valence-corrected chi connectivity index (χ4v) is 2.74. The topological polar surface area (TPSA) is 63.2 Å². The van der Waals surface area contributed by atoms with Crippen LogP contribution in [-0.2, 0) is 21.1 Å². The van der Waals surface area contributed by atoms with Crippen molar-refractivity contribution in [2.75, 3.05) is 6.26 Å². The first-order valence-electron chi connectivity index (χ1n) is 7.05. The summed E-state index contributed by atoms with van der Waals surface area (Å²) < 4.78 is 23.9. The highest BCUT2D eigenvalue weighted by atomic mass is 32.2. The number of rotatable bonds is 5. The summed E-state index contributed by atoms with van der Waals surface area (Å²) in [6, 6.07) is 9.09. The fraction of sp³-hybridized carbons (Fsp3) is 0.562. The minimum absolute atomic E-state index is 0.106. The summed E-state index contributed by atoms with van der Waals surface area (Å²) in [4.78, 5) is 12.4. The molecule has 1 aromatic carbocycles. The van der Waals surface area contributed by atoms with Crippen LogP contribution < -0.4 is 5.32 Å². The van der Waals surface area contributed by atoms with Crippen molar-refractivity contribution in [3.63, 3.8) is 0 Å². The molecule has 0 aliphatic rings. The number of sulfone groups is 1. The smallest absolute Gasteiger partial charge is 0.238 e. The summed E-state index contributed by atoms with van der Waals surface area (Å²) in [5.74, 6) is -0.427. The maximum Gasteiger partial charge on any atom is 0.238 e. The molecule has 1 N–H and O–H groups in total. The maximum absolute atomic E-state index is 12.4. The van der Waals surface area contributed by atoms with Crippen molar-refractivity contribution in [2.45, 2.75) is 45.4 Å². The SMILES string of the molecule is C[C@H](NC(=O)[C@H](Cc1ccccc1)S(C)(=O)=O)C(C)(C)C. The van der Waals surface area contributed by atoms with E-state index in [1.54, 1.807) is 0 Å². The van der Waals surface area contributed by atoms with E-state index in [1.165, 1.54) is 0 Å². The van der Waals surface area contributed by atoms with Crippen LogP contribution in [0.15, 0.2) is 30.3 Å². The Morgan fingerprint density at radius 1 is 1.19 bits per heavy atom. The molecule has 0 aliphatic carbocycles. The van der Waals surface area contributed by atoms with E-state index in [9.17, 15) is 13.2 Å².